The summed E-state index contributed by atoms with van der Waals surface area (Å²) in [6.07, 6.45) is 4.64. The highest BCUT2D eigenvalue weighted by atomic mass is 35.5. The molecule has 0 atom stereocenters. The molecule has 2 aromatic rings. The molecule has 5 nitrogen and oxygen atoms in total. The van der Waals surface area contributed by atoms with Crippen LogP contribution in [0.4, 0.5) is 5.69 Å². The molecule has 0 aliphatic carbocycles. The van der Waals surface area contributed by atoms with Gasteiger partial charge in [-0.25, -0.2) is 0 Å². The summed E-state index contributed by atoms with van der Waals surface area (Å²) in [5, 5.41) is 0.667. The van der Waals surface area contributed by atoms with Gasteiger partial charge in [-0.3, -0.25) is 9.78 Å². The van der Waals surface area contributed by atoms with Crippen LogP contribution in [0.1, 0.15) is 17.5 Å². The third-order valence-corrected chi connectivity index (χ3v) is 4.90. The molecule has 0 radical (unpaired) electrons. The molecule has 1 aromatic carbocycles. The second kappa shape index (κ2) is 8.41. The van der Waals surface area contributed by atoms with Gasteiger partial charge in [0.05, 0.1) is 0 Å². The van der Waals surface area contributed by atoms with Crippen LogP contribution in [0.5, 0.6) is 5.75 Å². The maximum absolute atomic E-state index is 12.6. The second-order valence-corrected chi connectivity index (χ2v) is 7.02. The lowest BCUT2D eigenvalue weighted by atomic mass is 10.2. The van der Waals surface area contributed by atoms with E-state index in [0.717, 1.165) is 37.2 Å². The van der Waals surface area contributed by atoms with Crippen LogP contribution in [-0.4, -0.2) is 48.6 Å². The number of amides is 1. The number of rotatable bonds is 4. The molecule has 1 aliphatic heterocycles. The van der Waals surface area contributed by atoms with Crippen LogP contribution in [-0.2, 0) is 4.79 Å². The van der Waals surface area contributed by atoms with Crippen LogP contribution in [0.25, 0.3) is 0 Å². The summed E-state index contributed by atoms with van der Waals surface area (Å²) in [6, 6.07) is 7.46. The first-order valence-corrected chi connectivity index (χ1v) is 9.24. The Balaban J connectivity index is 1.57. The van der Waals surface area contributed by atoms with Crippen LogP contribution in [0.15, 0.2) is 36.7 Å². The fraction of sp³-hybridized carbons (Fsp3) is 0.400. The SMILES string of the molecule is Cc1cc(Cl)ccc1OCC(=O)N1CCCN(c2ccncc2C)CC1. The van der Waals surface area contributed by atoms with E-state index in [4.69, 9.17) is 16.3 Å². The number of nitrogens with zero attached hydrogens (tertiary/aromatic N) is 3. The van der Waals surface area contributed by atoms with E-state index in [9.17, 15) is 4.79 Å². The van der Waals surface area contributed by atoms with Crippen LogP contribution in [0.2, 0.25) is 5.02 Å². The molecule has 26 heavy (non-hydrogen) atoms. The van der Waals surface area contributed by atoms with Crippen molar-refractivity contribution in [1.29, 1.82) is 0 Å². The molecule has 0 saturated carbocycles. The van der Waals surface area contributed by atoms with E-state index in [1.807, 2.05) is 36.4 Å². The van der Waals surface area contributed by atoms with Gasteiger partial charge >= 0.3 is 0 Å². The normalized spacial score (nSPS) is 14.9. The summed E-state index contributed by atoms with van der Waals surface area (Å²) in [5.41, 5.74) is 3.29. The van der Waals surface area contributed by atoms with Gasteiger partial charge in [0.25, 0.3) is 5.91 Å². The van der Waals surface area contributed by atoms with Gasteiger partial charge in [0.15, 0.2) is 6.61 Å². The lowest BCUT2D eigenvalue weighted by Crippen LogP contribution is -2.38. The van der Waals surface area contributed by atoms with Crippen LogP contribution in [0.3, 0.4) is 0 Å². The Morgan fingerprint density at radius 3 is 2.77 bits per heavy atom. The summed E-state index contributed by atoms with van der Waals surface area (Å²) >= 11 is 5.96. The van der Waals surface area contributed by atoms with Crippen molar-refractivity contribution in [3.05, 3.63) is 52.8 Å². The quantitative estimate of drug-likeness (QED) is 0.823. The number of carbonyl (C=O) groups excluding carboxylic acids is 1. The van der Waals surface area contributed by atoms with E-state index in [1.54, 1.807) is 12.1 Å². The minimum atomic E-state index is 0.0210. The molecule has 0 N–H and O–H groups in total. The van der Waals surface area contributed by atoms with Crippen molar-refractivity contribution < 1.29 is 9.53 Å². The highest BCUT2D eigenvalue weighted by molar-refractivity contribution is 6.30. The maximum atomic E-state index is 12.6. The molecule has 1 saturated heterocycles. The maximum Gasteiger partial charge on any atom is 0.260 e. The Kier molecular flexibility index (Phi) is 5.99. The Hall–Kier alpha value is -2.27. The number of hydrogen-bond donors (Lipinski definition) is 0. The average molecular weight is 374 g/mol. The lowest BCUT2D eigenvalue weighted by molar-refractivity contribution is -0.133. The fourth-order valence-electron chi connectivity index (χ4n) is 3.23. The largest absolute Gasteiger partial charge is 0.483 e. The van der Waals surface area contributed by atoms with E-state index in [1.165, 1.54) is 5.69 Å². The van der Waals surface area contributed by atoms with Gasteiger partial charge in [-0.05, 0) is 55.7 Å². The summed E-state index contributed by atoms with van der Waals surface area (Å²) in [7, 11) is 0. The molecular formula is C20H24ClN3O2. The Morgan fingerprint density at radius 1 is 1.15 bits per heavy atom. The Labute approximate surface area is 159 Å². The highest BCUT2D eigenvalue weighted by Gasteiger charge is 2.20. The van der Waals surface area contributed by atoms with Crippen molar-refractivity contribution in [3.63, 3.8) is 0 Å². The van der Waals surface area contributed by atoms with Gasteiger partial charge in [-0.15, -0.1) is 0 Å². The van der Waals surface area contributed by atoms with E-state index in [-0.39, 0.29) is 12.5 Å². The van der Waals surface area contributed by atoms with Crippen LogP contribution in [0, 0.1) is 13.8 Å². The standard InChI is InChI=1S/C20H24ClN3O2/c1-15-12-17(21)4-5-19(15)26-14-20(25)24-9-3-8-23(10-11-24)18-6-7-22-13-16(18)2/h4-7,12-13H,3,8-11,14H2,1-2H3. The predicted molar refractivity (Wildman–Crippen MR) is 104 cm³/mol. The summed E-state index contributed by atoms with van der Waals surface area (Å²) in [6.45, 7) is 7.25. The number of hydrogen-bond acceptors (Lipinski definition) is 4. The average Bonchev–Trinajstić information content (AvgIpc) is 2.87. The number of pyridine rings is 1. The molecular weight excluding hydrogens is 350 g/mol. The van der Waals surface area contributed by atoms with Gasteiger partial charge in [-0.1, -0.05) is 11.6 Å². The minimum Gasteiger partial charge on any atom is -0.483 e. The smallest absolute Gasteiger partial charge is 0.260 e. The number of aryl methyl sites for hydroxylation is 2. The molecule has 2 heterocycles. The molecule has 0 unspecified atom stereocenters. The van der Waals surface area contributed by atoms with E-state index >= 15 is 0 Å². The first-order valence-electron chi connectivity index (χ1n) is 8.87. The number of anilines is 1. The van der Waals surface area contributed by atoms with Crippen molar-refractivity contribution in [2.75, 3.05) is 37.7 Å². The molecule has 0 bridgehead atoms. The zero-order chi connectivity index (χ0) is 18.5. The van der Waals surface area contributed by atoms with Crippen LogP contribution >= 0.6 is 11.6 Å². The van der Waals surface area contributed by atoms with E-state index < -0.39 is 0 Å². The highest BCUT2D eigenvalue weighted by Crippen LogP contribution is 2.22. The number of benzene rings is 1. The summed E-state index contributed by atoms with van der Waals surface area (Å²) in [4.78, 5) is 20.9. The van der Waals surface area contributed by atoms with Crippen LogP contribution < -0.4 is 9.64 Å². The Morgan fingerprint density at radius 2 is 2.00 bits per heavy atom. The van der Waals surface area contributed by atoms with Gasteiger partial charge in [-0.2, -0.15) is 0 Å². The molecule has 138 valence electrons. The molecule has 0 spiro atoms. The van der Waals surface area contributed by atoms with Gasteiger partial charge in [0.2, 0.25) is 0 Å². The first kappa shape index (κ1) is 18.5. The molecule has 1 aromatic heterocycles. The monoisotopic (exact) mass is 373 g/mol. The van der Waals surface area contributed by atoms with E-state index in [2.05, 4.69) is 16.8 Å². The topological polar surface area (TPSA) is 45.7 Å². The number of ether oxygens (including phenoxy) is 1. The van der Waals surface area contributed by atoms with Crippen molar-refractivity contribution in [2.45, 2.75) is 20.3 Å². The zero-order valence-corrected chi connectivity index (χ0v) is 16.0. The van der Waals surface area contributed by atoms with Gasteiger partial charge < -0.3 is 14.5 Å². The molecule has 1 amide bonds. The van der Waals surface area contributed by atoms with Gasteiger partial charge in [0, 0.05) is 49.3 Å². The van der Waals surface area contributed by atoms with Gasteiger partial charge in [0.1, 0.15) is 5.75 Å². The molecule has 1 aliphatic rings. The Bertz CT molecular complexity index is 781. The fourth-order valence-corrected chi connectivity index (χ4v) is 3.46. The lowest BCUT2D eigenvalue weighted by Gasteiger charge is -2.25. The molecule has 6 heteroatoms. The van der Waals surface area contributed by atoms with E-state index in [0.29, 0.717) is 17.3 Å². The van der Waals surface area contributed by atoms with Crippen molar-refractivity contribution in [3.8, 4) is 5.75 Å². The van der Waals surface area contributed by atoms with Crippen molar-refractivity contribution in [1.82, 2.24) is 9.88 Å². The molecule has 1 fully saturated rings. The third kappa shape index (κ3) is 4.47. The number of aromatic nitrogens is 1. The minimum absolute atomic E-state index is 0.0210. The van der Waals surface area contributed by atoms with Crippen molar-refractivity contribution >= 4 is 23.2 Å². The number of halogens is 1. The zero-order valence-electron chi connectivity index (χ0n) is 15.2. The predicted octanol–water partition coefficient (Wildman–Crippen LogP) is 3.47. The number of carbonyl (C=O) groups is 1. The first-order chi connectivity index (χ1) is 12.5. The van der Waals surface area contributed by atoms with Crippen molar-refractivity contribution in [2.24, 2.45) is 0 Å². The summed E-state index contributed by atoms with van der Waals surface area (Å²) < 4.78 is 5.71. The third-order valence-electron chi connectivity index (χ3n) is 4.67. The second-order valence-electron chi connectivity index (χ2n) is 6.58. The summed E-state index contributed by atoms with van der Waals surface area (Å²) in [5.74, 6) is 0.722. The molecule has 3 rings (SSSR count).